The standard InChI is InChI=1S/C18H25N3O5/c1-11(17(25)26)20-16(24)12-5-7-13(8-6-12)21-15(23)10-19-14(22)9-18(2,3)4/h5-8,11H,9-10H2,1-4H3,(H,19,22)(H,20,24)(H,21,23)(H,25,26). The van der Waals surface area contributed by atoms with Crippen molar-refractivity contribution in [2.75, 3.05) is 11.9 Å². The van der Waals surface area contributed by atoms with Gasteiger partial charge in [0.05, 0.1) is 6.54 Å². The third kappa shape index (κ3) is 7.78. The molecule has 0 saturated carbocycles. The molecule has 1 aromatic carbocycles. The van der Waals surface area contributed by atoms with Crippen molar-refractivity contribution in [1.29, 1.82) is 0 Å². The molecule has 0 radical (unpaired) electrons. The molecular formula is C18H25N3O5. The number of rotatable bonds is 7. The zero-order valence-corrected chi connectivity index (χ0v) is 15.4. The van der Waals surface area contributed by atoms with Gasteiger partial charge in [0.1, 0.15) is 6.04 Å². The van der Waals surface area contributed by atoms with E-state index in [1.807, 2.05) is 20.8 Å². The zero-order valence-electron chi connectivity index (χ0n) is 15.4. The van der Waals surface area contributed by atoms with Crippen molar-refractivity contribution in [3.63, 3.8) is 0 Å². The Hall–Kier alpha value is -2.90. The van der Waals surface area contributed by atoms with Gasteiger partial charge < -0.3 is 21.1 Å². The summed E-state index contributed by atoms with van der Waals surface area (Å²) < 4.78 is 0. The summed E-state index contributed by atoms with van der Waals surface area (Å²) in [4.78, 5) is 46.2. The number of amides is 3. The van der Waals surface area contributed by atoms with Gasteiger partial charge in [-0.05, 0) is 36.6 Å². The second-order valence-corrected chi connectivity index (χ2v) is 7.17. The molecule has 142 valence electrons. The molecule has 0 heterocycles. The zero-order chi connectivity index (χ0) is 19.9. The topological polar surface area (TPSA) is 125 Å². The molecule has 1 rings (SSSR count). The summed E-state index contributed by atoms with van der Waals surface area (Å²) in [6.45, 7) is 7.01. The molecule has 0 bridgehead atoms. The van der Waals surface area contributed by atoms with Crippen LogP contribution >= 0.6 is 0 Å². The molecule has 8 nitrogen and oxygen atoms in total. The van der Waals surface area contributed by atoms with E-state index in [1.54, 1.807) is 0 Å². The molecule has 0 spiro atoms. The van der Waals surface area contributed by atoms with E-state index in [-0.39, 0.29) is 29.3 Å². The van der Waals surface area contributed by atoms with E-state index < -0.39 is 17.9 Å². The lowest BCUT2D eigenvalue weighted by atomic mass is 9.92. The molecule has 8 heteroatoms. The van der Waals surface area contributed by atoms with Gasteiger partial charge in [0, 0.05) is 17.7 Å². The first-order chi connectivity index (χ1) is 12.0. The van der Waals surface area contributed by atoms with E-state index >= 15 is 0 Å². The number of carbonyl (C=O) groups is 4. The third-order valence-corrected chi connectivity index (χ3v) is 3.29. The fourth-order valence-corrected chi connectivity index (χ4v) is 1.97. The highest BCUT2D eigenvalue weighted by molar-refractivity contribution is 5.98. The predicted octanol–water partition coefficient (Wildman–Crippen LogP) is 1.38. The van der Waals surface area contributed by atoms with Crippen LogP contribution in [0.5, 0.6) is 0 Å². The Kier molecular flexibility index (Phi) is 7.30. The van der Waals surface area contributed by atoms with Gasteiger partial charge in [-0.1, -0.05) is 20.8 Å². The van der Waals surface area contributed by atoms with E-state index in [1.165, 1.54) is 31.2 Å². The average molecular weight is 363 g/mol. The second-order valence-electron chi connectivity index (χ2n) is 7.17. The van der Waals surface area contributed by atoms with Crippen molar-refractivity contribution in [1.82, 2.24) is 10.6 Å². The number of aliphatic carboxylic acids is 1. The Bertz CT molecular complexity index is 677. The lowest BCUT2D eigenvalue weighted by Crippen LogP contribution is -2.38. The van der Waals surface area contributed by atoms with Gasteiger partial charge in [-0.2, -0.15) is 0 Å². The lowest BCUT2D eigenvalue weighted by molar-refractivity contribution is -0.138. The quantitative estimate of drug-likeness (QED) is 0.582. The number of hydrogen-bond acceptors (Lipinski definition) is 4. The summed E-state index contributed by atoms with van der Waals surface area (Å²) in [7, 11) is 0. The van der Waals surface area contributed by atoms with Crippen LogP contribution in [0, 0.1) is 5.41 Å². The Morgan fingerprint density at radius 2 is 1.62 bits per heavy atom. The molecule has 3 amide bonds. The Morgan fingerprint density at radius 3 is 2.12 bits per heavy atom. The van der Waals surface area contributed by atoms with Crippen molar-refractivity contribution >= 4 is 29.4 Å². The molecule has 0 aliphatic rings. The second kappa shape index (κ2) is 8.98. The molecule has 0 aliphatic carbocycles. The Labute approximate surface area is 152 Å². The number of benzene rings is 1. The van der Waals surface area contributed by atoms with Gasteiger partial charge in [-0.3, -0.25) is 19.2 Å². The summed E-state index contributed by atoms with van der Waals surface area (Å²) in [5.41, 5.74) is 0.576. The van der Waals surface area contributed by atoms with Crippen molar-refractivity contribution in [3.8, 4) is 0 Å². The SMILES string of the molecule is CC(NC(=O)c1ccc(NC(=O)CNC(=O)CC(C)(C)C)cc1)C(=O)O. The molecular weight excluding hydrogens is 338 g/mol. The van der Waals surface area contributed by atoms with E-state index in [0.29, 0.717) is 12.1 Å². The molecule has 1 atom stereocenters. The molecule has 0 aromatic heterocycles. The third-order valence-electron chi connectivity index (χ3n) is 3.29. The minimum Gasteiger partial charge on any atom is -0.480 e. The summed E-state index contributed by atoms with van der Waals surface area (Å²) >= 11 is 0. The number of carboxylic acid groups (broad SMARTS) is 1. The Balaban J connectivity index is 2.51. The van der Waals surface area contributed by atoms with Crippen LogP contribution in [0.2, 0.25) is 0 Å². The maximum Gasteiger partial charge on any atom is 0.325 e. The largest absolute Gasteiger partial charge is 0.480 e. The maximum absolute atomic E-state index is 11.9. The van der Waals surface area contributed by atoms with Gasteiger partial charge in [0.2, 0.25) is 11.8 Å². The lowest BCUT2D eigenvalue weighted by Gasteiger charge is -2.17. The molecule has 26 heavy (non-hydrogen) atoms. The van der Waals surface area contributed by atoms with Crippen molar-refractivity contribution in [2.24, 2.45) is 5.41 Å². The maximum atomic E-state index is 11.9. The molecule has 0 aliphatic heterocycles. The van der Waals surface area contributed by atoms with Crippen LogP contribution in [0.1, 0.15) is 44.5 Å². The van der Waals surface area contributed by atoms with Crippen LogP contribution < -0.4 is 16.0 Å². The van der Waals surface area contributed by atoms with Crippen molar-refractivity contribution in [2.45, 2.75) is 40.2 Å². The van der Waals surface area contributed by atoms with E-state index in [2.05, 4.69) is 16.0 Å². The fourth-order valence-electron chi connectivity index (χ4n) is 1.97. The van der Waals surface area contributed by atoms with Gasteiger partial charge in [-0.25, -0.2) is 0 Å². The minimum absolute atomic E-state index is 0.146. The van der Waals surface area contributed by atoms with E-state index in [4.69, 9.17) is 5.11 Å². The van der Waals surface area contributed by atoms with Gasteiger partial charge >= 0.3 is 5.97 Å². The first-order valence-corrected chi connectivity index (χ1v) is 8.18. The van der Waals surface area contributed by atoms with Crippen LogP contribution in [-0.2, 0) is 14.4 Å². The fraction of sp³-hybridized carbons (Fsp3) is 0.444. The number of hydrogen-bond donors (Lipinski definition) is 4. The molecule has 0 fully saturated rings. The van der Waals surface area contributed by atoms with Gasteiger partial charge in [0.25, 0.3) is 5.91 Å². The first-order valence-electron chi connectivity index (χ1n) is 8.18. The van der Waals surface area contributed by atoms with Gasteiger partial charge in [0.15, 0.2) is 0 Å². The molecule has 1 aromatic rings. The number of anilines is 1. The van der Waals surface area contributed by atoms with Crippen LogP contribution in [-0.4, -0.2) is 41.4 Å². The molecule has 1 unspecified atom stereocenters. The van der Waals surface area contributed by atoms with Crippen LogP contribution in [0.4, 0.5) is 5.69 Å². The van der Waals surface area contributed by atoms with Gasteiger partial charge in [-0.15, -0.1) is 0 Å². The Morgan fingerprint density at radius 1 is 1.04 bits per heavy atom. The highest BCUT2D eigenvalue weighted by Crippen LogP contribution is 2.17. The van der Waals surface area contributed by atoms with Crippen LogP contribution in [0.15, 0.2) is 24.3 Å². The smallest absolute Gasteiger partial charge is 0.325 e. The van der Waals surface area contributed by atoms with E-state index in [0.717, 1.165) is 0 Å². The predicted molar refractivity (Wildman–Crippen MR) is 96.7 cm³/mol. The highest BCUT2D eigenvalue weighted by Gasteiger charge is 2.17. The minimum atomic E-state index is -1.13. The summed E-state index contributed by atoms with van der Waals surface area (Å²) in [5.74, 6) is -2.24. The monoisotopic (exact) mass is 363 g/mol. The normalized spacial score (nSPS) is 12.0. The van der Waals surface area contributed by atoms with Crippen molar-refractivity contribution < 1.29 is 24.3 Å². The highest BCUT2D eigenvalue weighted by atomic mass is 16.4. The van der Waals surface area contributed by atoms with Crippen molar-refractivity contribution in [3.05, 3.63) is 29.8 Å². The molecule has 4 N–H and O–H groups in total. The summed E-state index contributed by atoms with van der Waals surface area (Å²) in [6, 6.07) is 4.98. The molecule has 0 saturated heterocycles. The number of carbonyl (C=O) groups excluding carboxylic acids is 3. The number of carboxylic acids is 1. The summed E-state index contributed by atoms with van der Waals surface area (Å²) in [5, 5.41) is 16.3. The van der Waals surface area contributed by atoms with Crippen LogP contribution in [0.3, 0.4) is 0 Å². The average Bonchev–Trinajstić information content (AvgIpc) is 2.51. The number of nitrogens with one attached hydrogen (secondary N) is 3. The summed E-state index contributed by atoms with van der Waals surface area (Å²) in [6.07, 6.45) is 0.318. The van der Waals surface area contributed by atoms with Crippen LogP contribution in [0.25, 0.3) is 0 Å². The van der Waals surface area contributed by atoms with E-state index in [9.17, 15) is 19.2 Å². The first kappa shape index (κ1) is 21.1.